The molecule has 90 heavy (non-hydrogen) atoms. The van der Waals surface area contributed by atoms with Gasteiger partial charge in [0.2, 0.25) is 22.3 Å². The monoisotopic (exact) mass is 1300 g/mol. The van der Waals surface area contributed by atoms with E-state index in [1.807, 2.05) is 4.90 Å². The summed E-state index contributed by atoms with van der Waals surface area (Å²) >= 11 is 0. The minimum Gasteiger partial charge on any atom is -0.507 e. The Kier molecular flexibility index (Phi) is 22.2. The number of nitrogens with one attached hydrogen (secondary N) is 2. The number of ether oxygens (including phenoxy) is 6. The number of rotatable bonds is 16. The van der Waals surface area contributed by atoms with Gasteiger partial charge in [0, 0.05) is 125 Å². The highest BCUT2D eigenvalue weighted by Crippen LogP contribution is 2.58. The summed E-state index contributed by atoms with van der Waals surface area (Å²) in [7, 11) is -9.63. The standard InChI is InChI=1S/C60H79N5O23P2/c1-29(2)28-64-20-22-65(23-21-64)37-26-38(67)47-40(27-37)86-56-48(62-47)44-45-51(72)35(8)55-46(44)57(74)60(10,88-55)84-25-19-39(82-11)32(5)54(85-36(9)66)34(7)50(71)33(6)53(30(3)14-12-15-31(4)58(75)63-49(56)52(45)73)87-43(70)16-13-24-83-42(69)18-17-41(68)61-59(89(76,77)78)90(79,80)81/h12,14-15,19,25-27,29-30,32-34,39,50,53-54,59,71-72,74H,13,16-18,20-24,28H2,1-11H3,(H,61,68)(H,63,75)(H2,76,77,78)(H2,79,80,81)/b14-12+,25-19+,31-15-/t30-,32+,33-,34+,39-,50+,53-,54+,60-/m0/s1. The number of hydrogen-bond acceptors (Lipinski definition) is 22. The lowest BCUT2D eigenvalue weighted by Gasteiger charge is -2.39. The Morgan fingerprint density at radius 1 is 0.867 bits per heavy atom. The molecule has 4 heterocycles. The maximum absolute atomic E-state index is 15.1. The number of benzene rings is 3. The van der Waals surface area contributed by atoms with Gasteiger partial charge in [0.25, 0.3) is 5.91 Å². The van der Waals surface area contributed by atoms with Crippen LogP contribution in [0.5, 0.6) is 11.5 Å². The van der Waals surface area contributed by atoms with Crippen LogP contribution in [-0.4, -0.2) is 157 Å². The van der Waals surface area contributed by atoms with Crippen LogP contribution in [-0.2, 0) is 56.8 Å². The van der Waals surface area contributed by atoms with Gasteiger partial charge in [0.1, 0.15) is 34.9 Å². The molecule has 9 atom stereocenters. The van der Waals surface area contributed by atoms with Gasteiger partial charge in [-0.15, -0.1) is 0 Å². The summed E-state index contributed by atoms with van der Waals surface area (Å²) in [5, 5.41) is 40.1. The number of fused-ring (bicyclic) bond motifs is 2. The zero-order valence-electron chi connectivity index (χ0n) is 51.8. The van der Waals surface area contributed by atoms with Crippen LogP contribution in [0.25, 0.3) is 38.7 Å². The molecule has 0 radical (unpaired) electrons. The number of anilines is 2. The Morgan fingerprint density at radius 2 is 1.52 bits per heavy atom. The second kappa shape index (κ2) is 28.5. The fourth-order valence-electron chi connectivity index (χ4n) is 11.4. The predicted octanol–water partition coefficient (Wildman–Crippen LogP) is 4.75. The van der Waals surface area contributed by atoms with Crippen LogP contribution in [0, 0.1) is 36.5 Å². The third kappa shape index (κ3) is 15.7. The minimum atomic E-state index is -5.50. The number of carbonyl (C=O) groups excluding carboxylic acids is 5. The number of aromatic hydroxyl groups is 1. The normalized spacial score (nSPS) is 25.4. The van der Waals surface area contributed by atoms with Crippen molar-refractivity contribution in [3.05, 3.63) is 79.5 Å². The number of amides is 2. The van der Waals surface area contributed by atoms with E-state index in [0.717, 1.165) is 19.6 Å². The average molecular weight is 1300 g/mol. The quantitative estimate of drug-likeness (QED) is 0.0182. The summed E-state index contributed by atoms with van der Waals surface area (Å²) in [6, 6.07) is 3.06. The lowest BCUT2D eigenvalue weighted by molar-refractivity contribution is -0.166. The summed E-state index contributed by atoms with van der Waals surface area (Å²) in [5.41, 5.74) is -5.01. The lowest BCUT2D eigenvalue weighted by Crippen LogP contribution is -2.47. The fourth-order valence-corrected chi connectivity index (χ4v) is 13.6. The van der Waals surface area contributed by atoms with Gasteiger partial charge < -0.3 is 83.3 Å². The highest BCUT2D eigenvalue weighted by Gasteiger charge is 2.46. The number of phenols is 1. The van der Waals surface area contributed by atoms with Crippen molar-refractivity contribution in [2.45, 2.75) is 131 Å². The molecule has 0 unspecified atom stereocenters. The van der Waals surface area contributed by atoms with Gasteiger partial charge in [0.15, 0.2) is 22.4 Å². The van der Waals surface area contributed by atoms with E-state index in [0.29, 0.717) is 24.7 Å². The second-order valence-corrected chi connectivity index (χ2v) is 27.4. The third-order valence-electron chi connectivity index (χ3n) is 16.3. The first-order valence-electron chi connectivity index (χ1n) is 29.3. The largest absolute Gasteiger partial charge is 0.507 e. The predicted molar refractivity (Wildman–Crippen MR) is 328 cm³/mol. The molecule has 0 aliphatic carbocycles. The lowest BCUT2D eigenvalue weighted by atomic mass is 9.78. The van der Waals surface area contributed by atoms with Crippen molar-refractivity contribution >= 4 is 95.0 Å². The molecule has 28 nitrogen and oxygen atoms in total. The molecule has 1 saturated heterocycles. The molecule has 9 N–H and O–H groups in total. The van der Waals surface area contributed by atoms with Crippen molar-refractivity contribution < 1.29 is 101 Å². The van der Waals surface area contributed by atoms with Crippen molar-refractivity contribution in [1.82, 2.24) is 15.2 Å². The van der Waals surface area contributed by atoms with Gasteiger partial charge in [-0.05, 0) is 32.3 Å². The molecule has 0 saturated carbocycles. The number of phenolic OH excluding ortho intramolecular Hbond substituents is 1. The second-order valence-electron chi connectivity index (χ2n) is 23.6. The summed E-state index contributed by atoms with van der Waals surface area (Å²) in [5.74, 6) is -11.0. The molecule has 492 valence electrons. The van der Waals surface area contributed by atoms with Crippen LogP contribution in [0.15, 0.2) is 62.3 Å². The maximum atomic E-state index is 15.1. The molecule has 1 fully saturated rings. The smallest absolute Gasteiger partial charge is 0.360 e. The van der Waals surface area contributed by atoms with Crippen LogP contribution in [0.1, 0.15) is 93.6 Å². The van der Waals surface area contributed by atoms with Crippen LogP contribution >= 0.6 is 15.2 Å². The zero-order valence-corrected chi connectivity index (χ0v) is 53.6. The number of methoxy groups -OCH3 is 1. The first-order valence-corrected chi connectivity index (χ1v) is 32.6. The number of aliphatic hydroxyl groups excluding tert-OH is 2. The molecule has 3 aliphatic heterocycles. The molecular weight excluding hydrogens is 1220 g/mol. The molecule has 30 heteroatoms. The molecule has 0 spiro atoms. The van der Waals surface area contributed by atoms with E-state index in [4.69, 9.17) is 37.8 Å². The molecule has 4 aromatic rings. The number of hydrogen-bond donors (Lipinski definition) is 9. The Bertz CT molecular complexity index is 3790. The van der Waals surface area contributed by atoms with Gasteiger partial charge in [0.05, 0.1) is 42.1 Å². The van der Waals surface area contributed by atoms with Crippen LogP contribution in [0.4, 0.5) is 11.4 Å². The first kappa shape index (κ1) is 70.2. The van der Waals surface area contributed by atoms with E-state index in [-0.39, 0.29) is 69.1 Å². The summed E-state index contributed by atoms with van der Waals surface area (Å²) < 4.78 is 65.0. The van der Waals surface area contributed by atoms with E-state index < -0.39 is 151 Å². The van der Waals surface area contributed by atoms with Crippen molar-refractivity contribution in [3.63, 3.8) is 0 Å². The number of aromatic nitrogens is 1. The number of carbonyl (C=O) groups is 5. The molecule has 3 aromatic carbocycles. The summed E-state index contributed by atoms with van der Waals surface area (Å²) in [4.78, 5) is 141. The third-order valence-corrected chi connectivity index (χ3v) is 19.6. The number of aliphatic hydroxyl groups is 2. The molecule has 1 aromatic heterocycles. The Balaban J connectivity index is 1.27. The Labute approximate surface area is 517 Å². The van der Waals surface area contributed by atoms with E-state index in [1.165, 1.54) is 70.7 Å². The molecule has 2 amide bonds. The zero-order chi connectivity index (χ0) is 66.6. The topological polar surface area (TPSA) is 407 Å². The van der Waals surface area contributed by atoms with Gasteiger partial charge in [-0.2, -0.15) is 0 Å². The highest BCUT2D eigenvalue weighted by atomic mass is 31.2. The molecule has 4 bridgehead atoms. The van der Waals surface area contributed by atoms with Crippen LogP contribution < -0.4 is 36.3 Å². The number of nitrogens with zero attached hydrogens (tertiary/aromatic N) is 3. The summed E-state index contributed by atoms with van der Waals surface area (Å²) in [6.07, 6.45) is 0.524. The SMILES string of the molecule is CO[C@H]1/C=C/O[C@@]2(C)Oc3c(C)c(O)c4c(=O)c(c5oc6cc(N7CCN(CC(C)C)CC7)cc(=O)c6nc5c4c3=C2O)NC(=O)/C(C)=C\C=C\[C@H](C)[C@H](OC(=O)CCCOC(=O)CCC(=O)NC(P(=O)(O)O)P(=O)(O)O)[C@@H](C)[C@@H](O)[C@@H](C)[C@H](OC(C)=O)[C@@H]1C. The Morgan fingerprint density at radius 3 is 2.14 bits per heavy atom. The Hall–Kier alpha value is -7.26. The van der Waals surface area contributed by atoms with E-state index in [1.54, 1.807) is 39.8 Å². The highest BCUT2D eigenvalue weighted by molar-refractivity contribution is 7.70. The van der Waals surface area contributed by atoms with Gasteiger partial charge in [-0.1, -0.05) is 59.8 Å². The number of allylic oxidation sites excluding steroid dienone is 2. The van der Waals surface area contributed by atoms with Crippen molar-refractivity contribution in [3.8, 4) is 11.5 Å². The van der Waals surface area contributed by atoms with Gasteiger partial charge >= 0.3 is 38.9 Å². The van der Waals surface area contributed by atoms with E-state index >= 15 is 4.79 Å². The molecule has 7 rings (SSSR count). The summed E-state index contributed by atoms with van der Waals surface area (Å²) in [6.45, 7) is 19.4. The first-order chi connectivity index (χ1) is 42.1. The van der Waals surface area contributed by atoms with Crippen molar-refractivity contribution in [2.75, 3.05) is 56.7 Å². The molecular formula is C60H79N5O23P2. The number of piperazine rings is 1. The van der Waals surface area contributed by atoms with Crippen LogP contribution in [0.3, 0.4) is 0 Å². The van der Waals surface area contributed by atoms with E-state index in [2.05, 4.69) is 24.1 Å². The minimum absolute atomic E-state index is 0.00699. The maximum Gasteiger partial charge on any atom is 0.360 e. The molecule has 3 aliphatic rings. The average Bonchev–Trinajstić information content (AvgIpc) is 1.36. The van der Waals surface area contributed by atoms with Crippen molar-refractivity contribution in [2.24, 2.45) is 29.6 Å². The fraction of sp³-hybridized carbons (Fsp3) is 0.533. The van der Waals surface area contributed by atoms with Crippen molar-refractivity contribution in [1.29, 1.82) is 0 Å². The van der Waals surface area contributed by atoms with Gasteiger partial charge in [-0.25, -0.2) is 4.98 Å². The number of esters is 3. The van der Waals surface area contributed by atoms with E-state index in [9.17, 15) is 72.8 Å². The van der Waals surface area contributed by atoms with Crippen LogP contribution in [0.2, 0.25) is 0 Å². The van der Waals surface area contributed by atoms with Gasteiger partial charge in [-0.3, -0.25) is 47.6 Å².